The van der Waals surface area contributed by atoms with E-state index < -0.39 is 72.0 Å². The van der Waals surface area contributed by atoms with Crippen LogP contribution >= 0.6 is 0 Å². The topological polar surface area (TPSA) is 135 Å². The number of ketones is 2. The zero-order valence-electron chi connectivity index (χ0n) is 20.0. The molecule has 11 heteroatoms. The standard InChI is InChI=1S/C26H25F2N3O6/c1-14(2)22(24(35)23(34)19-11-10-15-6-3-4-9-18(15)30-19)31-26(36)20(12-21(32)33)29-13-37-25-16(27)7-5-8-17(25)28/h3-11,14,20,22,29H,12-13H2,1-2H3,(H,31,36)(H,32,33)/t20-,22-/m0/s1. The van der Waals surface area contributed by atoms with E-state index >= 15 is 0 Å². The Labute approximate surface area is 210 Å². The molecule has 0 bridgehead atoms. The van der Waals surface area contributed by atoms with Crippen LogP contribution < -0.4 is 15.4 Å². The Balaban J connectivity index is 1.72. The first-order chi connectivity index (χ1) is 17.6. The van der Waals surface area contributed by atoms with Crippen LogP contribution in [0.4, 0.5) is 8.78 Å². The lowest BCUT2D eigenvalue weighted by molar-refractivity contribution is -0.140. The Bertz CT molecular complexity index is 1310. The SMILES string of the molecule is CC(C)[C@H](NC(=O)[C@H](CC(=O)O)NCOc1c(F)cccc1F)C(=O)C(=O)c1ccc2ccccc2n1. The molecule has 0 saturated heterocycles. The van der Waals surface area contributed by atoms with E-state index in [1.165, 1.54) is 6.07 Å². The molecule has 0 spiro atoms. The quantitative estimate of drug-likeness (QED) is 0.191. The van der Waals surface area contributed by atoms with E-state index in [-0.39, 0.29) is 5.69 Å². The number of nitrogens with one attached hydrogen (secondary N) is 2. The van der Waals surface area contributed by atoms with Gasteiger partial charge in [-0.3, -0.25) is 24.5 Å². The van der Waals surface area contributed by atoms with Gasteiger partial charge in [0.2, 0.25) is 17.5 Å². The number of pyridine rings is 1. The summed E-state index contributed by atoms with van der Waals surface area (Å²) in [5, 5.41) is 14.9. The lowest BCUT2D eigenvalue weighted by atomic mass is 9.95. The number of fused-ring (bicyclic) bond motifs is 1. The number of amides is 1. The van der Waals surface area contributed by atoms with Gasteiger partial charge in [-0.15, -0.1) is 0 Å². The van der Waals surface area contributed by atoms with Gasteiger partial charge in [-0.1, -0.05) is 44.2 Å². The third kappa shape index (κ3) is 6.91. The first-order valence-electron chi connectivity index (χ1n) is 11.3. The number of hydrogen-bond acceptors (Lipinski definition) is 7. The lowest BCUT2D eigenvalue weighted by Gasteiger charge is -2.24. The second-order valence-corrected chi connectivity index (χ2v) is 8.51. The van der Waals surface area contributed by atoms with Crippen molar-refractivity contribution >= 4 is 34.3 Å². The van der Waals surface area contributed by atoms with Gasteiger partial charge in [-0.25, -0.2) is 13.8 Å². The van der Waals surface area contributed by atoms with Gasteiger partial charge < -0.3 is 15.2 Å². The number of carbonyl (C=O) groups excluding carboxylic acids is 3. The van der Waals surface area contributed by atoms with Crippen LogP contribution in [0, 0.1) is 17.6 Å². The van der Waals surface area contributed by atoms with Crippen LogP contribution in [0.15, 0.2) is 54.6 Å². The molecular formula is C26H25F2N3O6. The summed E-state index contributed by atoms with van der Waals surface area (Å²) in [5.41, 5.74) is 0.424. The van der Waals surface area contributed by atoms with Gasteiger partial charge in [-0.05, 0) is 30.2 Å². The number of rotatable bonds is 12. The molecule has 1 heterocycles. The Hall–Kier alpha value is -4.25. The number of carbonyl (C=O) groups is 4. The number of ether oxygens (including phenoxy) is 1. The van der Waals surface area contributed by atoms with E-state index in [0.29, 0.717) is 5.52 Å². The van der Waals surface area contributed by atoms with Crippen molar-refractivity contribution < 1.29 is 37.8 Å². The Morgan fingerprint density at radius 3 is 2.30 bits per heavy atom. The van der Waals surface area contributed by atoms with Crippen LogP contribution in [-0.4, -0.2) is 52.3 Å². The normalized spacial score (nSPS) is 12.7. The van der Waals surface area contributed by atoms with Crippen molar-refractivity contribution in [3.8, 4) is 5.75 Å². The van der Waals surface area contributed by atoms with Gasteiger partial charge in [0.05, 0.1) is 24.0 Å². The van der Waals surface area contributed by atoms with Crippen molar-refractivity contribution in [2.24, 2.45) is 5.92 Å². The molecule has 0 aliphatic heterocycles. The zero-order chi connectivity index (χ0) is 27.1. The largest absolute Gasteiger partial charge is 0.481 e. The maximum Gasteiger partial charge on any atom is 0.305 e. The summed E-state index contributed by atoms with van der Waals surface area (Å²) in [6.07, 6.45) is -0.728. The summed E-state index contributed by atoms with van der Waals surface area (Å²) in [4.78, 5) is 54.3. The summed E-state index contributed by atoms with van der Waals surface area (Å²) in [5.74, 6) is -7.29. The number of aromatic nitrogens is 1. The highest BCUT2D eigenvalue weighted by Gasteiger charge is 2.33. The third-order valence-electron chi connectivity index (χ3n) is 5.46. The molecule has 9 nitrogen and oxygen atoms in total. The molecule has 37 heavy (non-hydrogen) atoms. The number of aliphatic carboxylic acids is 1. The summed E-state index contributed by atoms with van der Waals surface area (Å²) >= 11 is 0. The fourth-order valence-electron chi connectivity index (χ4n) is 3.52. The molecule has 1 aromatic heterocycles. The number of hydrogen-bond donors (Lipinski definition) is 3. The van der Waals surface area contributed by atoms with E-state index in [9.17, 15) is 33.1 Å². The molecule has 0 aliphatic carbocycles. The fraction of sp³-hybridized carbons (Fsp3) is 0.269. The second kappa shape index (κ2) is 12.1. The molecule has 194 valence electrons. The molecule has 2 atom stereocenters. The Morgan fingerprint density at radius 1 is 0.973 bits per heavy atom. The number of carboxylic acids is 1. The highest BCUT2D eigenvalue weighted by atomic mass is 19.1. The number of Topliss-reactive ketones (excluding diaryl/α,β-unsaturated/α-hetero) is 2. The number of benzene rings is 2. The van der Waals surface area contributed by atoms with Crippen molar-refractivity contribution in [3.05, 3.63) is 71.9 Å². The van der Waals surface area contributed by atoms with Gasteiger partial charge >= 0.3 is 5.97 Å². The molecule has 0 aliphatic rings. The number of para-hydroxylation sites is 2. The van der Waals surface area contributed by atoms with E-state index in [0.717, 1.165) is 23.6 Å². The summed E-state index contributed by atoms with van der Waals surface area (Å²) in [7, 11) is 0. The predicted octanol–water partition coefficient (Wildman–Crippen LogP) is 2.88. The average Bonchev–Trinajstić information content (AvgIpc) is 2.86. The monoisotopic (exact) mass is 513 g/mol. The van der Waals surface area contributed by atoms with Gasteiger partial charge in [0.15, 0.2) is 17.4 Å². The van der Waals surface area contributed by atoms with Crippen molar-refractivity contribution in [1.82, 2.24) is 15.6 Å². The lowest BCUT2D eigenvalue weighted by Crippen LogP contribution is -2.54. The van der Waals surface area contributed by atoms with Crippen molar-refractivity contribution in [2.45, 2.75) is 32.4 Å². The van der Waals surface area contributed by atoms with E-state index in [1.807, 2.05) is 0 Å². The van der Waals surface area contributed by atoms with Crippen molar-refractivity contribution in [3.63, 3.8) is 0 Å². The number of carboxylic acid groups (broad SMARTS) is 1. The first-order valence-corrected chi connectivity index (χ1v) is 11.3. The molecule has 3 rings (SSSR count). The fourth-order valence-corrected chi connectivity index (χ4v) is 3.52. The molecule has 0 unspecified atom stereocenters. The van der Waals surface area contributed by atoms with Crippen LogP contribution in [0.5, 0.6) is 5.75 Å². The van der Waals surface area contributed by atoms with Gasteiger partial charge in [0.1, 0.15) is 12.4 Å². The minimum Gasteiger partial charge on any atom is -0.481 e. The van der Waals surface area contributed by atoms with Crippen LogP contribution in [0.1, 0.15) is 30.8 Å². The maximum absolute atomic E-state index is 13.8. The summed E-state index contributed by atoms with van der Waals surface area (Å²) in [6, 6.07) is 10.5. The molecule has 0 fully saturated rings. The molecule has 0 radical (unpaired) electrons. The van der Waals surface area contributed by atoms with Gasteiger partial charge in [-0.2, -0.15) is 0 Å². The molecule has 0 saturated carbocycles. The van der Waals surface area contributed by atoms with E-state index in [2.05, 4.69) is 15.6 Å². The Kier molecular flexibility index (Phi) is 8.96. The second-order valence-electron chi connectivity index (χ2n) is 8.51. The van der Waals surface area contributed by atoms with Crippen LogP contribution in [0.2, 0.25) is 0 Å². The first kappa shape index (κ1) is 27.3. The summed E-state index contributed by atoms with van der Waals surface area (Å²) in [6.45, 7) is 2.60. The van der Waals surface area contributed by atoms with Crippen LogP contribution in [0.25, 0.3) is 10.9 Å². The number of nitrogens with zero attached hydrogens (tertiary/aromatic N) is 1. The number of halogens is 2. The molecule has 3 aromatic rings. The van der Waals surface area contributed by atoms with Crippen LogP contribution in [0.3, 0.4) is 0 Å². The zero-order valence-corrected chi connectivity index (χ0v) is 20.0. The summed E-state index contributed by atoms with van der Waals surface area (Å²) < 4.78 is 32.5. The van der Waals surface area contributed by atoms with Crippen LogP contribution in [-0.2, 0) is 14.4 Å². The Morgan fingerprint density at radius 2 is 1.65 bits per heavy atom. The van der Waals surface area contributed by atoms with Gasteiger partial charge in [0.25, 0.3) is 0 Å². The maximum atomic E-state index is 13.8. The minimum absolute atomic E-state index is 0.0934. The third-order valence-corrected chi connectivity index (χ3v) is 5.46. The van der Waals surface area contributed by atoms with E-state index in [1.54, 1.807) is 44.2 Å². The molecule has 1 amide bonds. The minimum atomic E-state index is -1.43. The molecule has 2 aromatic carbocycles. The highest BCUT2D eigenvalue weighted by Crippen LogP contribution is 2.20. The molecular weight excluding hydrogens is 488 g/mol. The van der Waals surface area contributed by atoms with Crippen molar-refractivity contribution in [2.75, 3.05) is 6.73 Å². The molecule has 3 N–H and O–H groups in total. The van der Waals surface area contributed by atoms with Crippen molar-refractivity contribution in [1.29, 1.82) is 0 Å². The highest BCUT2D eigenvalue weighted by molar-refractivity contribution is 6.45. The predicted molar refractivity (Wildman–Crippen MR) is 129 cm³/mol. The van der Waals surface area contributed by atoms with E-state index in [4.69, 9.17) is 4.74 Å². The average molecular weight is 513 g/mol. The smallest absolute Gasteiger partial charge is 0.305 e. The van der Waals surface area contributed by atoms with Gasteiger partial charge in [0, 0.05) is 5.39 Å².